The summed E-state index contributed by atoms with van der Waals surface area (Å²) in [6.07, 6.45) is 2.07. The first-order valence-electron chi connectivity index (χ1n) is 6.13. The van der Waals surface area contributed by atoms with E-state index in [1.807, 2.05) is 31.2 Å². The Hall–Kier alpha value is -0.580. The van der Waals surface area contributed by atoms with Crippen LogP contribution in [0.3, 0.4) is 0 Å². The van der Waals surface area contributed by atoms with Gasteiger partial charge in [-0.15, -0.1) is 11.6 Å². The summed E-state index contributed by atoms with van der Waals surface area (Å²) in [6.45, 7) is 2.48. The first-order valence-corrected chi connectivity index (χ1v) is 8.31. The highest BCUT2D eigenvalue weighted by atomic mass is 35.5. The van der Waals surface area contributed by atoms with Crippen molar-refractivity contribution in [1.82, 2.24) is 4.72 Å². The highest BCUT2D eigenvalue weighted by molar-refractivity contribution is 7.89. The predicted octanol–water partition coefficient (Wildman–Crippen LogP) is 2.48. The van der Waals surface area contributed by atoms with E-state index in [4.69, 9.17) is 11.6 Å². The van der Waals surface area contributed by atoms with Crippen LogP contribution in [-0.4, -0.2) is 26.6 Å². The fourth-order valence-electron chi connectivity index (χ4n) is 1.69. The standard InChI is InChI=1S/C13H20ClNO2S/c1-12-6-2-3-7-13(12)8-10-15-18(16,17)11-5-4-9-14/h2-3,6-7,15H,4-5,8-11H2,1H3. The number of hydrogen-bond acceptors (Lipinski definition) is 2. The van der Waals surface area contributed by atoms with E-state index < -0.39 is 10.0 Å². The molecule has 18 heavy (non-hydrogen) atoms. The van der Waals surface area contributed by atoms with Gasteiger partial charge in [-0.05, 0) is 37.3 Å². The van der Waals surface area contributed by atoms with Crippen LogP contribution in [0.4, 0.5) is 0 Å². The molecule has 0 bridgehead atoms. The molecular weight excluding hydrogens is 270 g/mol. The van der Waals surface area contributed by atoms with E-state index in [1.165, 1.54) is 11.1 Å². The van der Waals surface area contributed by atoms with Gasteiger partial charge in [-0.25, -0.2) is 13.1 Å². The van der Waals surface area contributed by atoms with Gasteiger partial charge in [0.15, 0.2) is 0 Å². The monoisotopic (exact) mass is 289 g/mol. The van der Waals surface area contributed by atoms with Crippen molar-refractivity contribution in [1.29, 1.82) is 0 Å². The summed E-state index contributed by atoms with van der Waals surface area (Å²) in [4.78, 5) is 0. The lowest BCUT2D eigenvalue weighted by Crippen LogP contribution is -2.28. The normalized spacial score (nSPS) is 11.7. The lowest BCUT2D eigenvalue weighted by Gasteiger charge is -2.08. The molecule has 0 spiro atoms. The minimum Gasteiger partial charge on any atom is -0.215 e. The molecule has 1 aromatic carbocycles. The Morgan fingerprint density at radius 1 is 1.22 bits per heavy atom. The van der Waals surface area contributed by atoms with E-state index in [9.17, 15) is 8.42 Å². The largest absolute Gasteiger partial charge is 0.215 e. The fraction of sp³-hybridized carbons (Fsp3) is 0.538. The molecule has 0 saturated carbocycles. The van der Waals surface area contributed by atoms with Gasteiger partial charge in [0.1, 0.15) is 0 Å². The molecule has 1 N–H and O–H groups in total. The molecular formula is C13H20ClNO2S. The van der Waals surface area contributed by atoms with Crippen molar-refractivity contribution < 1.29 is 8.42 Å². The van der Waals surface area contributed by atoms with Crippen molar-refractivity contribution in [2.45, 2.75) is 26.2 Å². The molecule has 0 fully saturated rings. The van der Waals surface area contributed by atoms with E-state index in [0.717, 1.165) is 12.8 Å². The molecule has 0 atom stereocenters. The molecule has 3 nitrogen and oxygen atoms in total. The predicted molar refractivity (Wildman–Crippen MR) is 76.6 cm³/mol. The van der Waals surface area contributed by atoms with Gasteiger partial charge in [0, 0.05) is 12.4 Å². The Kier molecular flexibility index (Phi) is 6.68. The number of nitrogens with one attached hydrogen (secondary N) is 1. The summed E-state index contributed by atoms with van der Waals surface area (Å²) < 4.78 is 25.9. The van der Waals surface area contributed by atoms with Crippen LogP contribution < -0.4 is 4.72 Å². The number of hydrogen-bond donors (Lipinski definition) is 1. The van der Waals surface area contributed by atoms with Gasteiger partial charge in [0.25, 0.3) is 0 Å². The number of halogens is 1. The summed E-state index contributed by atoms with van der Waals surface area (Å²) in [5.41, 5.74) is 2.37. The Bertz CT molecular complexity index is 460. The Morgan fingerprint density at radius 2 is 1.94 bits per heavy atom. The van der Waals surface area contributed by atoms with E-state index in [1.54, 1.807) is 0 Å². The lowest BCUT2D eigenvalue weighted by atomic mass is 10.1. The Morgan fingerprint density at radius 3 is 2.61 bits per heavy atom. The van der Waals surface area contributed by atoms with Gasteiger partial charge in [-0.1, -0.05) is 24.3 Å². The quantitative estimate of drug-likeness (QED) is 0.590. The first kappa shape index (κ1) is 15.5. The molecule has 0 heterocycles. The minimum absolute atomic E-state index is 0.160. The van der Waals surface area contributed by atoms with E-state index in [2.05, 4.69) is 4.72 Å². The van der Waals surface area contributed by atoms with E-state index >= 15 is 0 Å². The van der Waals surface area contributed by atoms with Crippen LogP contribution in [0, 0.1) is 6.92 Å². The maximum Gasteiger partial charge on any atom is 0.211 e. The number of sulfonamides is 1. The van der Waals surface area contributed by atoms with Crippen molar-refractivity contribution in [2.24, 2.45) is 0 Å². The van der Waals surface area contributed by atoms with Crippen LogP contribution in [0.5, 0.6) is 0 Å². The Balaban J connectivity index is 2.35. The average Bonchev–Trinajstić information content (AvgIpc) is 2.32. The number of aryl methyl sites for hydroxylation is 1. The number of rotatable bonds is 8. The van der Waals surface area contributed by atoms with Crippen LogP contribution in [0.25, 0.3) is 0 Å². The second-order valence-corrected chi connectivity index (χ2v) is 6.59. The third-order valence-electron chi connectivity index (χ3n) is 2.77. The summed E-state index contributed by atoms with van der Waals surface area (Å²) >= 11 is 5.52. The topological polar surface area (TPSA) is 46.2 Å². The molecule has 0 amide bonds. The molecule has 0 saturated heterocycles. The molecule has 1 rings (SSSR count). The molecule has 0 radical (unpaired) electrons. The zero-order valence-corrected chi connectivity index (χ0v) is 12.2. The van der Waals surface area contributed by atoms with Crippen LogP contribution in [0.2, 0.25) is 0 Å². The van der Waals surface area contributed by atoms with Crippen LogP contribution in [0.1, 0.15) is 24.0 Å². The highest BCUT2D eigenvalue weighted by Gasteiger charge is 2.09. The van der Waals surface area contributed by atoms with Crippen LogP contribution >= 0.6 is 11.6 Å². The molecule has 0 aromatic heterocycles. The lowest BCUT2D eigenvalue weighted by molar-refractivity contribution is 0.578. The summed E-state index contributed by atoms with van der Waals surface area (Å²) in [7, 11) is -3.15. The maximum atomic E-state index is 11.6. The van der Waals surface area contributed by atoms with Crippen molar-refractivity contribution in [3.05, 3.63) is 35.4 Å². The Labute approximate surface area is 115 Å². The average molecular weight is 290 g/mol. The number of benzene rings is 1. The third kappa shape index (κ3) is 5.85. The molecule has 5 heteroatoms. The number of unbranched alkanes of at least 4 members (excludes halogenated alkanes) is 1. The minimum atomic E-state index is -3.15. The van der Waals surface area contributed by atoms with Crippen molar-refractivity contribution in [2.75, 3.05) is 18.2 Å². The van der Waals surface area contributed by atoms with Crippen LogP contribution in [0.15, 0.2) is 24.3 Å². The zero-order valence-electron chi connectivity index (χ0n) is 10.7. The van der Waals surface area contributed by atoms with Gasteiger partial charge in [-0.2, -0.15) is 0 Å². The van der Waals surface area contributed by atoms with Crippen LogP contribution in [-0.2, 0) is 16.4 Å². The van der Waals surface area contributed by atoms with Gasteiger partial charge < -0.3 is 0 Å². The first-order chi connectivity index (χ1) is 8.55. The second-order valence-electron chi connectivity index (χ2n) is 4.29. The second kappa shape index (κ2) is 7.77. The summed E-state index contributed by atoms with van der Waals surface area (Å²) in [5.74, 6) is 0.673. The van der Waals surface area contributed by atoms with Gasteiger partial charge >= 0.3 is 0 Å². The SMILES string of the molecule is Cc1ccccc1CCNS(=O)(=O)CCCCCl. The van der Waals surface area contributed by atoms with E-state index in [-0.39, 0.29) is 5.75 Å². The third-order valence-corrected chi connectivity index (χ3v) is 4.51. The molecule has 0 unspecified atom stereocenters. The fourth-order valence-corrected chi connectivity index (χ4v) is 3.02. The van der Waals surface area contributed by atoms with Crippen molar-refractivity contribution >= 4 is 21.6 Å². The molecule has 0 aliphatic rings. The van der Waals surface area contributed by atoms with Crippen molar-refractivity contribution in [3.8, 4) is 0 Å². The van der Waals surface area contributed by atoms with Gasteiger partial charge in [-0.3, -0.25) is 0 Å². The molecule has 0 aliphatic heterocycles. The van der Waals surface area contributed by atoms with Gasteiger partial charge in [0.05, 0.1) is 5.75 Å². The molecule has 0 aliphatic carbocycles. The zero-order chi connectivity index (χ0) is 13.4. The molecule has 102 valence electrons. The van der Waals surface area contributed by atoms with E-state index in [0.29, 0.717) is 18.8 Å². The summed E-state index contributed by atoms with van der Waals surface area (Å²) in [5, 5.41) is 0. The van der Waals surface area contributed by atoms with Crippen molar-refractivity contribution in [3.63, 3.8) is 0 Å². The maximum absolute atomic E-state index is 11.6. The molecule has 1 aromatic rings. The number of alkyl halides is 1. The van der Waals surface area contributed by atoms with Gasteiger partial charge in [0.2, 0.25) is 10.0 Å². The smallest absolute Gasteiger partial charge is 0.211 e. The highest BCUT2D eigenvalue weighted by Crippen LogP contribution is 2.07. The summed E-state index contributed by atoms with van der Waals surface area (Å²) in [6, 6.07) is 8.01.